The Balaban J connectivity index is 2.04. The van der Waals surface area contributed by atoms with E-state index in [1.54, 1.807) is 37.4 Å². The monoisotopic (exact) mass is 326 g/mol. The third-order valence-corrected chi connectivity index (χ3v) is 3.50. The highest BCUT2D eigenvalue weighted by molar-refractivity contribution is 5.91. The van der Waals surface area contributed by atoms with Crippen molar-refractivity contribution in [2.24, 2.45) is 0 Å². The summed E-state index contributed by atoms with van der Waals surface area (Å²) in [6, 6.07) is 8.04. The molecule has 1 aromatic carbocycles. The van der Waals surface area contributed by atoms with Crippen LogP contribution in [0.2, 0.25) is 0 Å². The fourth-order valence-electron chi connectivity index (χ4n) is 2.44. The van der Waals surface area contributed by atoms with Crippen LogP contribution in [0, 0.1) is 10.1 Å². The lowest BCUT2D eigenvalue weighted by atomic mass is 10.0. The summed E-state index contributed by atoms with van der Waals surface area (Å²) in [4.78, 5) is 25.4. The second kappa shape index (κ2) is 6.37. The van der Waals surface area contributed by atoms with Gasteiger partial charge in [-0.3, -0.25) is 15.2 Å². The Morgan fingerprint density at radius 2 is 2.12 bits per heavy atom. The second-order valence-corrected chi connectivity index (χ2v) is 4.96. The van der Waals surface area contributed by atoms with Gasteiger partial charge in [0, 0.05) is 23.4 Å². The molecule has 0 bridgehead atoms. The lowest BCUT2D eigenvalue weighted by molar-refractivity contribution is -0.384. The number of benzene rings is 1. The molecule has 3 rings (SSSR count). The van der Waals surface area contributed by atoms with Crippen molar-refractivity contribution in [1.82, 2.24) is 15.2 Å². The normalized spacial score (nSPS) is 10.5. The quantitative estimate of drug-likeness (QED) is 0.424. The van der Waals surface area contributed by atoms with E-state index in [2.05, 4.69) is 15.2 Å². The van der Waals surface area contributed by atoms with Gasteiger partial charge < -0.3 is 9.72 Å². The predicted octanol–water partition coefficient (Wildman–Crippen LogP) is 3.16. The van der Waals surface area contributed by atoms with E-state index >= 15 is 0 Å². The Kier molecular flexibility index (Phi) is 4.11. The number of H-pyrrole nitrogens is 2. The van der Waals surface area contributed by atoms with Gasteiger partial charge >= 0.3 is 5.97 Å². The van der Waals surface area contributed by atoms with Crippen LogP contribution in [0.15, 0.2) is 42.7 Å². The molecule has 0 aliphatic carbocycles. The van der Waals surface area contributed by atoms with Gasteiger partial charge in [-0.1, -0.05) is 12.1 Å². The number of nitrogens with one attached hydrogen (secondary N) is 2. The van der Waals surface area contributed by atoms with Crippen LogP contribution in [-0.4, -0.2) is 32.7 Å². The molecule has 0 amide bonds. The van der Waals surface area contributed by atoms with Gasteiger partial charge in [0.1, 0.15) is 5.69 Å². The lowest BCUT2D eigenvalue weighted by Crippen LogP contribution is -2.04. The number of hydrogen-bond donors (Lipinski definition) is 2. The average molecular weight is 326 g/mol. The zero-order chi connectivity index (χ0) is 17.1. The summed E-state index contributed by atoms with van der Waals surface area (Å²) in [7, 11) is 0. The molecule has 8 nitrogen and oxygen atoms in total. The Morgan fingerprint density at radius 1 is 1.33 bits per heavy atom. The molecule has 2 N–H and O–H groups in total. The van der Waals surface area contributed by atoms with Gasteiger partial charge in [-0.2, -0.15) is 5.10 Å². The highest BCUT2D eigenvalue weighted by Gasteiger charge is 2.20. The molecule has 0 aliphatic rings. The van der Waals surface area contributed by atoms with E-state index in [9.17, 15) is 14.9 Å². The highest BCUT2D eigenvalue weighted by atomic mass is 16.6. The van der Waals surface area contributed by atoms with E-state index in [-0.39, 0.29) is 12.3 Å². The van der Waals surface area contributed by atoms with Crippen LogP contribution < -0.4 is 0 Å². The Bertz CT molecular complexity index is 897. The average Bonchev–Trinajstić information content (AvgIpc) is 3.24. The molecule has 0 fully saturated rings. The van der Waals surface area contributed by atoms with Crippen molar-refractivity contribution in [3.8, 4) is 22.4 Å². The van der Waals surface area contributed by atoms with E-state index in [0.29, 0.717) is 28.1 Å². The highest BCUT2D eigenvalue weighted by Crippen LogP contribution is 2.35. The molecular weight excluding hydrogens is 312 g/mol. The zero-order valence-electron chi connectivity index (χ0n) is 12.8. The van der Waals surface area contributed by atoms with Crippen molar-refractivity contribution in [2.75, 3.05) is 6.61 Å². The first-order chi connectivity index (χ1) is 11.6. The minimum Gasteiger partial charge on any atom is -0.461 e. The minimum absolute atomic E-state index is 0.0127. The van der Waals surface area contributed by atoms with Crippen molar-refractivity contribution >= 4 is 11.7 Å². The first-order valence-corrected chi connectivity index (χ1v) is 7.25. The summed E-state index contributed by atoms with van der Waals surface area (Å²) in [6.45, 7) is 2.00. The number of nitrogens with zero attached hydrogens (tertiary/aromatic N) is 2. The van der Waals surface area contributed by atoms with Gasteiger partial charge in [0.25, 0.3) is 5.69 Å². The molecule has 2 aromatic heterocycles. The number of hydrogen-bond acceptors (Lipinski definition) is 5. The minimum atomic E-state index is -0.462. The number of aromatic nitrogens is 3. The van der Waals surface area contributed by atoms with E-state index in [1.807, 2.05) is 0 Å². The van der Waals surface area contributed by atoms with Crippen LogP contribution in [0.4, 0.5) is 5.69 Å². The number of carbonyl (C=O) groups excluding carboxylic acids is 1. The third-order valence-electron chi connectivity index (χ3n) is 3.50. The molecule has 8 heteroatoms. The van der Waals surface area contributed by atoms with Crippen LogP contribution >= 0.6 is 0 Å². The summed E-state index contributed by atoms with van der Waals surface area (Å²) < 4.78 is 4.94. The fraction of sp³-hybridized carbons (Fsp3) is 0.125. The molecule has 0 saturated carbocycles. The van der Waals surface area contributed by atoms with Crippen molar-refractivity contribution in [1.29, 1.82) is 0 Å². The number of rotatable bonds is 5. The van der Waals surface area contributed by atoms with Gasteiger partial charge in [-0.05, 0) is 19.1 Å². The largest absolute Gasteiger partial charge is 0.461 e. The third kappa shape index (κ3) is 2.76. The molecule has 0 spiro atoms. The summed E-state index contributed by atoms with van der Waals surface area (Å²) >= 11 is 0. The summed E-state index contributed by atoms with van der Waals surface area (Å²) in [5.41, 5.74) is 2.55. The SMILES string of the molecule is CCOC(=O)c1cc(-c2[nH]ncc2-c2ccccc2[N+](=O)[O-])c[nH]1. The fourth-order valence-corrected chi connectivity index (χ4v) is 2.44. The molecular formula is C16H14N4O4. The maximum atomic E-state index is 11.8. The van der Waals surface area contributed by atoms with Crippen LogP contribution in [0.5, 0.6) is 0 Å². The van der Waals surface area contributed by atoms with Crippen LogP contribution in [0.25, 0.3) is 22.4 Å². The molecule has 0 radical (unpaired) electrons. The van der Waals surface area contributed by atoms with Gasteiger partial charge in [0.05, 0.1) is 29.0 Å². The topological polar surface area (TPSA) is 114 Å². The van der Waals surface area contributed by atoms with E-state index < -0.39 is 10.9 Å². The molecule has 0 saturated heterocycles. The smallest absolute Gasteiger partial charge is 0.354 e. The molecule has 3 aromatic rings. The molecule has 0 unspecified atom stereocenters. The lowest BCUT2D eigenvalue weighted by Gasteiger charge is -2.03. The van der Waals surface area contributed by atoms with Crippen LogP contribution in [-0.2, 0) is 4.74 Å². The number of para-hydroxylation sites is 1. The van der Waals surface area contributed by atoms with Crippen molar-refractivity contribution < 1.29 is 14.5 Å². The van der Waals surface area contributed by atoms with Crippen molar-refractivity contribution in [3.63, 3.8) is 0 Å². The number of nitro groups is 1. The second-order valence-electron chi connectivity index (χ2n) is 4.96. The number of nitro benzene ring substituents is 1. The number of carbonyl (C=O) groups is 1. The van der Waals surface area contributed by atoms with Gasteiger partial charge in [-0.15, -0.1) is 0 Å². The Labute approximate surface area is 136 Å². The molecule has 0 aliphatic heterocycles. The van der Waals surface area contributed by atoms with E-state index in [0.717, 1.165) is 0 Å². The molecule has 0 atom stereocenters. The van der Waals surface area contributed by atoms with Crippen LogP contribution in [0.3, 0.4) is 0 Å². The molecule has 2 heterocycles. The summed E-state index contributed by atoms with van der Waals surface area (Å²) in [5.74, 6) is -0.462. The number of ether oxygens (including phenoxy) is 1. The van der Waals surface area contributed by atoms with E-state index in [4.69, 9.17) is 4.74 Å². The van der Waals surface area contributed by atoms with Gasteiger partial charge in [-0.25, -0.2) is 4.79 Å². The maximum absolute atomic E-state index is 11.8. The Morgan fingerprint density at radius 3 is 2.88 bits per heavy atom. The van der Waals surface area contributed by atoms with Crippen LogP contribution in [0.1, 0.15) is 17.4 Å². The summed E-state index contributed by atoms with van der Waals surface area (Å²) in [6.07, 6.45) is 3.15. The van der Waals surface area contributed by atoms with Crippen molar-refractivity contribution in [3.05, 3.63) is 58.5 Å². The predicted molar refractivity (Wildman–Crippen MR) is 86.4 cm³/mol. The first kappa shape index (κ1) is 15.5. The number of aromatic amines is 2. The molecule has 24 heavy (non-hydrogen) atoms. The maximum Gasteiger partial charge on any atom is 0.354 e. The first-order valence-electron chi connectivity index (χ1n) is 7.25. The van der Waals surface area contributed by atoms with Crippen molar-refractivity contribution in [2.45, 2.75) is 6.92 Å². The summed E-state index contributed by atoms with van der Waals surface area (Å²) in [5, 5.41) is 18.1. The molecule has 122 valence electrons. The van der Waals surface area contributed by atoms with Gasteiger partial charge in [0.15, 0.2) is 0 Å². The zero-order valence-corrected chi connectivity index (χ0v) is 12.8. The Hall–Kier alpha value is -3.42. The number of esters is 1. The van der Waals surface area contributed by atoms with E-state index in [1.165, 1.54) is 12.3 Å². The standard InChI is InChI=1S/C16H14N4O4/c1-2-24-16(21)13-7-10(8-17-13)15-12(9-18-19-15)11-5-3-4-6-14(11)20(22)23/h3-9,17H,2H2,1H3,(H,18,19). The van der Waals surface area contributed by atoms with Gasteiger partial charge in [0.2, 0.25) is 0 Å².